The fraction of sp³-hybridized carbons (Fsp3) is 0.235. The highest BCUT2D eigenvalue weighted by Gasteiger charge is 2.23. The van der Waals surface area contributed by atoms with Crippen molar-refractivity contribution >= 4 is 5.91 Å². The first-order valence-corrected chi connectivity index (χ1v) is 7.67. The van der Waals surface area contributed by atoms with E-state index >= 15 is 0 Å². The predicted octanol–water partition coefficient (Wildman–Crippen LogP) is 2.80. The van der Waals surface area contributed by atoms with Gasteiger partial charge in [-0.05, 0) is 37.1 Å². The van der Waals surface area contributed by atoms with E-state index in [0.29, 0.717) is 29.1 Å². The lowest BCUT2D eigenvalue weighted by atomic mass is 10.2. The first-order chi connectivity index (χ1) is 11.8. The second kappa shape index (κ2) is 6.19. The number of nitrogens with one attached hydrogen (secondary N) is 1. The molecule has 0 aliphatic heterocycles. The molecule has 0 unspecified atom stereocenters. The van der Waals surface area contributed by atoms with Gasteiger partial charge in [0.05, 0.1) is 11.8 Å². The van der Waals surface area contributed by atoms with Gasteiger partial charge >= 0.3 is 0 Å². The molecule has 1 aromatic carbocycles. The van der Waals surface area contributed by atoms with E-state index < -0.39 is 0 Å². The Labute approximate surface area is 137 Å². The van der Waals surface area contributed by atoms with E-state index in [1.54, 1.807) is 36.6 Å². The third kappa shape index (κ3) is 3.29. The topological polar surface area (TPSA) is 90.4 Å². The molecule has 0 radical (unpaired) electrons. The van der Waals surface area contributed by atoms with Crippen LogP contribution in [0.5, 0.6) is 5.75 Å². The molecule has 2 aromatic heterocycles. The molecule has 1 N–H and O–H groups in total. The Balaban J connectivity index is 1.39. The second-order valence-electron chi connectivity index (χ2n) is 5.59. The van der Waals surface area contributed by atoms with E-state index in [4.69, 9.17) is 13.7 Å². The number of rotatable bonds is 6. The van der Waals surface area contributed by atoms with Crippen LogP contribution in [-0.2, 0) is 6.61 Å². The molecule has 24 heavy (non-hydrogen) atoms. The lowest BCUT2D eigenvalue weighted by molar-refractivity contribution is 0.0950. The van der Waals surface area contributed by atoms with Crippen molar-refractivity contribution in [3.05, 3.63) is 54.3 Å². The third-order valence-electron chi connectivity index (χ3n) is 3.62. The Kier molecular flexibility index (Phi) is 3.74. The van der Waals surface area contributed by atoms with Gasteiger partial charge in [-0.25, -0.2) is 0 Å². The van der Waals surface area contributed by atoms with Crippen LogP contribution in [-0.4, -0.2) is 22.1 Å². The first kappa shape index (κ1) is 14.5. The summed E-state index contributed by atoms with van der Waals surface area (Å²) in [6.45, 7) is 0.124. The van der Waals surface area contributed by atoms with Crippen LogP contribution in [0, 0.1) is 0 Å². The highest BCUT2D eigenvalue weighted by Crippen LogP contribution is 2.21. The van der Waals surface area contributed by atoms with Gasteiger partial charge in [-0.3, -0.25) is 4.79 Å². The SMILES string of the molecule is O=C(NC1CC1)c1cccc(OCc2nc(-c3ccoc3)no2)c1. The van der Waals surface area contributed by atoms with Crippen molar-refractivity contribution in [2.45, 2.75) is 25.5 Å². The summed E-state index contributed by atoms with van der Waals surface area (Å²) in [6, 6.07) is 9.08. The van der Waals surface area contributed by atoms with Gasteiger partial charge in [0.25, 0.3) is 11.8 Å². The molecule has 1 aliphatic rings. The molecule has 1 amide bonds. The van der Waals surface area contributed by atoms with Crippen LogP contribution in [0.3, 0.4) is 0 Å². The number of furan rings is 1. The summed E-state index contributed by atoms with van der Waals surface area (Å²) < 4.78 is 15.8. The summed E-state index contributed by atoms with van der Waals surface area (Å²) in [5.41, 5.74) is 1.31. The highest BCUT2D eigenvalue weighted by atomic mass is 16.5. The number of aromatic nitrogens is 2. The van der Waals surface area contributed by atoms with E-state index in [0.717, 1.165) is 18.4 Å². The van der Waals surface area contributed by atoms with Gasteiger partial charge in [0.1, 0.15) is 12.0 Å². The molecular formula is C17H15N3O4. The number of amides is 1. The molecular weight excluding hydrogens is 310 g/mol. The predicted molar refractivity (Wildman–Crippen MR) is 83.3 cm³/mol. The maximum Gasteiger partial charge on any atom is 0.264 e. The van der Waals surface area contributed by atoms with E-state index in [2.05, 4.69) is 15.5 Å². The van der Waals surface area contributed by atoms with E-state index in [9.17, 15) is 4.79 Å². The molecule has 0 bridgehead atoms. The number of carbonyl (C=O) groups is 1. The molecule has 0 atom stereocenters. The molecule has 2 heterocycles. The summed E-state index contributed by atoms with van der Waals surface area (Å²) >= 11 is 0. The normalized spacial score (nSPS) is 13.7. The minimum absolute atomic E-state index is 0.0806. The summed E-state index contributed by atoms with van der Waals surface area (Å²) in [6.07, 6.45) is 5.19. The average molecular weight is 325 g/mol. The Morgan fingerprint density at radius 3 is 3.04 bits per heavy atom. The van der Waals surface area contributed by atoms with Crippen LogP contribution in [0.2, 0.25) is 0 Å². The summed E-state index contributed by atoms with van der Waals surface area (Å²) in [5.74, 6) is 1.28. The molecule has 7 heteroatoms. The quantitative estimate of drug-likeness (QED) is 0.749. The highest BCUT2D eigenvalue weighted by molar-refractivity contribution is 5.94. The lowest BCUT2D eigenvalue weighted by Gasteiger charge is -2.06. The average Bonchev–Trinajstić information content (AvgIpc) is 3.07. The van der Waals surface area contributed by atoms with Crippen molar-refractivity contribution in [3.8, 4) is 17.1 Å². The van der Waals surface area contributed by atoms with Crippen LogP contribution < -0.4 is 10.1 Å². The standard InChI is InChI=1S/C17H15N3O4/c21-17(18-13-4-5-13)11-2-1-3-14(8-11)23-10-15-19-16(20-24-15)12-6-7-22-9-12/h1-3,6-9,13H,4-5,10H2,(H,18,21). The fourth-order valence-corrected chi connectivity index (χ4v) is 2.19. The number of carbonyl (C=O) groups excluding carboxylic acids is 1. The monoisotopic (exact) mass is 325 g/mol. The first-order valence-electron chi connectivity index (χ1n) is 7.67. The van der Waals surface area contributed by atoms with Gasteiger partial charge in [0.15, 0.2) is 6.61 Å². The van der Waals surface area contributed by atoms with Crippen molar-refractivity contribution in [1.82, 2.24) is 15.5 Å². The van der Waals surface area contributed by atoms with Crippen LogP contribution >= 0.6 is 0 Å². The maximum atomic E-state index is 12.0. The lowest BCUT2D eigenvalue weighted by Crippen LogP contribution is -2.25. The van der Waals surface area contributed by atoms with Gasteiger partial charge in [0.2, 0.25) is 5.82 Å². The molecule has 3 aromatic rings. The van der Waals surface area contributed by atoms with Crippen molar-refractivity contribution in [2.75, 3.05) is 0 Å². The van der Waals surface area contributed by atoms with Crippen LogP contribution in [0.25, 0.3) is 11.4 Å². The molecule has 1 fully saturated rings. The number of benzene rings is 1. The van der Waals surface area contributed by atoms with Crippen molar-refractivity contribution in [1.29, 1.82) is 0 Å². The Bertz CT molecular complexity index is 837. The minimum atomic E-state index is -0.0806. The third-order valence-corrected chi connectivity index (χ3v) is 3.62. The summed E-state index contributed by atoms with van der Waals surface area (Å²) in [5, 5.41) is 6.81. The Morgan fingerprint density at radius 2 is 2.25 bits per heavy atom. The smallest absolute Gasteiger partial charge is 0.264 e. The Morgan fingerprint density at radius 1 is 1.33 bits per heavy atom. The zero-order chi connectivity index (χ0) is 16.4. The summed E-state index contributed by atoms with van der Waals surface area (Å²) in [7, 11) is 0. The van der Waals surface area contributed by atoms with Gasteiger partial charge in [-0.1, -0.05) is 11.2 Å². The fourth-order valence-electron chi connectivity index (χ4n) is 2.19. The molecule has 1 saturated carbocycles. The number of nitrogens with zero attached hydrogens (tertiary/aromatic N) is 2. The number of ether oxygens (including phenoxy) is 1. The van der Waals surface area contributed by atoms with Crippen molar-refractivity contribution < 1.29 is 18.5 Å². The van der Waals surface area contributed by atoms with Gasteiger partial charge in [-0.15, -0.1) is 0 Å². The van der Waals surface area contributed by atoms with E-state index in [1.807, 2.05) is 0 Å². The summed E-state index contributed by atoms with van der Waals surface area (Å²) in [4.78, 5) is 16.3. The van der Waals surface area contributed by atoms with Crippen LogP contribution in [0.15, 0.2) is 51.8 Å². The molecule has 122 valence electrons. The largest absolute Gasteiger partial charge is 0.484 e. The zero-order valence-corrected chi connectivity index (χ0v) is 12.8. The van der Waals surface area contributed by atoms with Gasteiger partial charge in [-0.2, -0.15) is 4.98 Å². The maximum absolute atomic E-state index is 12.0. The minimum Gasteiger partial charge on any atom is -0.484 e. The van der Waals surface area contributed by atoms with Crippen LogP contribution in [0.1, 0.15) is 29.1 Å². The van der Waals surface area contributed by atoms with Crippen molar-refractivity contribution in [3.63, 3.8) is 0 Å². The molecule has 0 spiro atoms. The van der Waals surface area contributed by atoms with Crippen molar-refractivity contribution in [2.24, 2.45) is 0 Å². The van der Waals surface area contributed by atoms with Gasteiger partial charge < -0.3 is 19.0 Å². The molecule has 4 rings (SSSR count). The van der Waals surface area contributed by atoms with Gasteiger partial charge in [0, 0.05) is 11.6 Å². The molecule has 1 aliphatic carbocycles. The second-order valence-corrected chi connectivity index (χ2v) is 5.59. The molecule has 0 saturated heterocycles. The number of hydrogen-bond donors (Lipinski definition) is 1. The number of hydrogen-bond acceptors (Lipinski definition) is 6. The molecule has 7 nitrogen and oxygen atoms in total. The Hall–Kier alpha value is -3.09. The van der Waals surface area contributed by atoms with E-state index in [-0.39, 0.29) is 12.5 Å². The van der Waals surface area contributed by atoms with E-state index in [1.165, 1.54) is 6.26 Å². The van der Waals surface area contributed by atoms with Crippen LogP contribution in [0.4, 0.5) is 0 Å². The zero-order valence-electron chi connectivity index (χ0n) is 12.8.